The van der Waals surface area contributed by atoms with Gasteiger partial charge in [0.2, 0.25) is 5.91 Å². The maximum absolute atomic E-state index is 12.6. The number of hydrogen-bond acceptors (Lipinski definition) is 4. The summed E-state index contributed by atoms with van der Waals surface area (Å²) < 4.78 is 0. The van der Waals surface area contributed by atoms with E-state index in [1.54, 1.807) is 17.5 Å². The summed E-state index contributed by atoms with van der Waals surface area (Å²) in [7, 11) is 0. The van der Waals surface area contributed by atoms with Gasteiger partial charge in [-0.25, -0.2) is 0 Å². The monoisotopic (exact) mass is 311 g/mol. The number of fused-ring (bicyclic) bond motifs is 1. The molecule has 4 nitrogen and oxygen atoms in total. The van der Waals surface area contributed by atoms with Crippen molar-refractivity contribution >= 4 is 33.7 Å². The number of hydrogen-bond donors (Lipinski definition) is 2. The average molecular weight is 311 g/mol. The summed E-state index contributed by atoms with van der Waals surface area (Å²) >= 11 is 1.59. The first-order valence-corrected chi connectivity index (χ1v) is 8.09. The molecule has 0 unspecified atom stereocenters. The first-order chi connectivity index (χ1) is 10.8. The fourth-order valence-corrected chi connectivity index (χ4v) is 3.19. The van der Waals surface area contributed by atoms with E-state index in [-0.39, 0.29) is 11.8 Å². The topological polar surface area (TPSA) is 68.0 Å². The molecule has 0 fully saturated rings. The lowest BCUT2D eigenvalue weighted by Gasteiger charge is -2.15. The van der Waals surface area contributed by atoms with Crippen LogP contribution in [-0.2, 0) is 4.79 Å². The zero-order chi connectivity index (χ0) is 15.4. The Hall–Kier alpha value is -2.24. The van der Waals surface area contributed by atoms with Gasteiger partial charge in [-0.15, -0.1) is 0 Å². The smallest absolute Gasteiger partial charge is 0.231 e. The molecule has 22 heavy (non-hydrogen) atoms. The number of amides is 1. The number of nitrogens with one attached hydrogen (secondary N) is 1. The fourth-order valence-electron chi connectivity index (χ4n) is 2.48. The van der Waals surface area contributed by atoms with Crippen LogP contribution in [-0.4, -0.2) is 17.4 Å². The molecule has 1 amide bonds. The Bertz CT molecular complexity index is 770. The van der Waals surface area contributed by atoms with Crippen LogP contribution in [0, 0.1) is 0 Å². The molecule has 0 radical (unpaired) electrons. The first kappa shape index (κ1) is 14.7. The minimum atomic E-state index is -0.204. The second kappa shape index (κ2) is 6.68. The van der Waals surface area contributed by atoms with Gasteiger partial charge < -0.3 is 11.1 Å². The zero-order valence-electron chi connectivity index (χ0n) is 12.0. The number of carbonyl (C=O) groups is 1. The van der Waals surface area contributed by atoms with Crippen molar-refractivity contribution in [2.75, 3.05) is 11.9 Å². The lowest BCUT2D eigenvalue weighted by atomic mass is 9.97. The summed E-state index contributed by atoms with van der Waals surface area (Å²) in [4.78, 5) is 16.7. The van der Waals surface area contributed by atoms with Gasteiger partial charge in [-0.3, -0.25) is 9.78 Å². The van der Waals surface area contributed by atoms with Gasteiger partial charge in [0.1, 0.15) is 0 Å². The van der Waals surface area contributed by atoms with Crippen molar-refractivity contribution in [3.8, 4) is 0 Å². The highest BCUT2D eigenvalue weighted by atomic mass is 32.1. The number of nitrogens with two attached hydrogens (primary N) is 1. The quantitative estimate of drug-likeness (QED) is 0.759. The van der Waals surface area contributed by atoms with Gasteiger partial charge in [-0.05, 0) is 58.9 Å². The summed E-state index contributed by atoms with van der Waals surface area (Å²) in [5, 5.41) is 9.09. The van der Waals surface area contributed by atoms with E-state index in [2.05, 4.69) is 10.3 Å². The predicted octanol–water partition coefficient (Wildman–Crippen LogP) is 3.37. The van der Waals surface area contributed by atoms with Crippen molar-refractivity contribution in [2.24, 2.45) is 5.73 Å². The number of carbonyl (C=O) groups excluding carboxylic acids is 1. The number of anilines is 1. The maximum atomic E-state index is 12.6. The van der Waals surface area contributed by atoms with Gasteiger partial charge in [-0.1, -0.05) is 6.07 Å². The molecule has 0 saturated carbocycles. The minimum Gasteiger partial charge on any atom is -0.330 e. The first-order valence-electron chi connectivity index (χ1n) is 7.15. The summed E-state index contributed by atoms with van der Waals surface area (Å²) in [6.45, 7) is 0.483. The highest BCUT2D eigenvalue weighted by Gasteiger charge is 2.20. The third-order valence-electron chi connectivity index (χ3n) is 3.63. The summed E-state index contributed by atoms with van der Waals surface area (Å²) in [5.74, 6) is -0.221. The minimum absolute atomic E-state index is 0.0164. The van der Waals surface area contributed by atoms with Crippen molar-refractivity contribution in [1.29, 1.82) is 0 Å². The predicted molar refractivity (Wildman–Crippen MR) is 91.1 cm³/mol. The molecule has 2 aromatic heterocycles. The largest absolute Gasteiger partial charge is 0.330 e. The second-order valence-corrected chi connectivity index (χ2v) is 5.89. The van der Waals surface area contributed by atoms with E-state index in [4.69, 9.17) is 5.73 Å². The van der Waals surface area contributed by atoms with Crippen LogP contribution >= 0.6 is 11.3 Å². The molecule has 0 aliphatic rings. The SMILES string of the molecule is NCC[C@H](C(=O)Nc1ccc2cnccc2c1)c1ccsc1. The molecule has 3 aromatic rings. The molecular formula is C17H17N3OS. The molecular weight excluding hydrogens is 294 g/mol. The maximum Gasteiger partial charge on any atom is 0.231 e. The third kappa shape index (κ3) is 3.16. The van der Waals surface area contributed by atoms with Crippen LogP contribution < -0.4 is 11.1 Å². The zero-order valence-corrected chi connectivity index (χ0v) is 12.8. The number of rotatable bonds is 5. The van der Waals surface area contributed by atoms with Crippen LogP contribution in [0.5, 0.6) is 0 Å². The molecule has 3 rings (SSSR count). The Morgan fingerprint density at radius 2 is 2.18 bits per heavy atom. The van der Waals surface area contributed by atoms with Crippen LogP contribution in [0.3, 0.4) is 0 Å². The summed E-state index contributed by atoms with van der Waals surface area (Å²) in [6, 6.07) is 9.73. The van der Waals surface area contributed by atoms with Crippen LogP contribution in [0.1, 0.15) is 17.9 Å². The van der Waals surface area contributed by atoms with Gasteiger partial charge in [0.25, 0.3) is 0 Å². The molecule has 2 heterocycles. The second-order valence-electron chi connectivity index (χ2n) is 5.11. The molecule has 0 saturated heterocycles. The number of nitrogens with zero attached hydrogens (tertiary/aromatic N) is 1. The molecule has 1 aromatic carbocycles. The number of benzene rings is 1. The normalized spacial score (nSPS) is 12.2. The van der Waals surface area contributed by atoms with Gasteiger partial charge in [0.05, 0.1) is 5.92 Å². The fraction of sp³-hybridized carbons (Fsp3) is 0.176. The highest BCUT2D eigenvalue weighted by Crippen LogP contribution is 2.25. The lowest BCUT2D eigenvalue weighted by Crippen LogP contribution is -2.23. The Kier molecular flexibility index (Phi) is 4.46. The van der Waals surface area contributed by atoms with E-state index >= 15 is 0 Å². The molecule has 1 atom stereocenters. The van der Waals surface area contributed by atoms with Gasteiger partial charge in [0, 0.05) is 23.5 Å². The number of thiophene rings is 1. The van der Waals surface area contributed by atoms with Crippen molar-refractivity contribution in [3.63, 3.8) is 0 Å². The number of pyridine rings is 1. The third-order valence-corrected chi connectivity index (χ3v) is 4.33. The number of aromatic nitrogens is 1. The van der Waals surface area contributed by atoms with Crippen molar-refractivity contribution in [1.82, 2.24) is 4.98 Å². The van der Waals surface area contributed by atoms with Crippen LogP contribution in [0.2, 0.25) is 0 Å². The standard InChI is InChI=1S/C17H17N3OS/c18-6-3-16(14-5-8-22-11-14)17(21)20-15-2-1-13-10-19-7-4-12(13)9-15/h1-2,4-5,7-11,16H,3,6,18H2,(H,20,21)/t16-/m0/s1. The molecule has 0 bridgehead atoms. The molecule has 0 aliphatic carbocycles. The van der Waals surface area contributed by atoms with E-state index in [9.17, 15) is 4.79 Å². The molecule has 0 aliphatic heterocycles. The average Bonchev–Trinajstić information content (AvgIpc) is 3.06. The Labute approximate surface area is 133 Å². The van der Waals surface area contributed by atoms with Crippen LogP contribution in [0.15, 0.2) is 53.5 Å². The molecule has 3 N–H and O–H groups in total. The molecule has 5 heteroatoms. The summed E-state index contributed by atoms with van der Waals surface area (Å²) in [6.07, 6.45) is 4.19. The van der Waals surface area contributed by atoms with Gasteiger partial charge in [0.15, 0.2) is 0 Å². The lowest BCUT2D eigenvalue weighted by molar-refractivity contribution is -0.117. The highest BCUT2D eigenvalue weighted by molar-refractivity contribution is 7.08. The Morgan fingerprint density at radius 3 is 2.95 bits per heavy atom. The van der Waals surface area contributed by atoms with E-state index in [0.717, 1.165) is 22.0 Å². The van der Waals surface area contributed by atoms with E-state index in [1.807, 2.05) is 47.3 Å². The van der Waals surface area contributed by atoms with Gasteiger partial charge in [-0.2, -0.15) is 11.3 Å². The van der Waals surface area contributed by atoms with Gasteiger partial charge >= 0.3 is 0 Å². The van der Waals surface area contributed by atoms with E-state index in [1.165, 1.54) is 0 Å². The van der Waals surface area contributed by atoms with Crippen LogP contribution in [0.25, 0.3) is 10.8 Å². The van der Waals surface area contributed by atoms with Crippen molar-refractivity contribution < 1.29 is 4.79 Å². The van der Waals surface area contributed by atoms with Crippen LogP contribution in [0.4, 0.5) is 5.69 Å². The molecule has 0 spiro atoms. The molecule has 112 valence electrons. The van der Waals surface area contributed by atoms with E-state index in [0.29, 0.717) is 13.0 Å². The van der Waals surface area contributed by atoms with Crippen molar-refractivity contribution in [3.05, 3.63) is 59.0 Å². The Morgan fingerprint density at radius 1 is 1.27 bits per heavy atom. The Balaban J connectivity index is 1.81. The van der Waals surface area contributed by atoms with E-state index < -0.39 is 0 Å². The summed E-state index contributed by atoms with van der Waals surface area (Å²) in [5.41, 5.74) is 7.48. The van der Waals surface area contributed by atoms with Crippen molar-refractivity contribution in [2.45, 2.75) is 12.3 Å².